The maximum atomic E-state index is 13.1. The molecule has 3 rings (SSSR count). The summed E-state index contributed by atoms with van der Waals surface area (Å²) in [4.78, 5) is 73.9. The van der Waals surface area contributed by atoms with Crippen LogP contribution in [-0.4, -0.2) is 57.4 Å². The number of hydrogen-bond donors (Lipinski definition) is 1. The minimum absolute atomic E-state index is 0.0166. The zero-order valence-corrected chi connectivity index (χ0v) is 22.2. The molecule has 3 aliphatic rings. The molecule has 196 valence electrons. The van der Waals surface area contributed by atoms with Gasteiger partial charge in [-0.05, 0) is 54.4 Å². The Kier molecular flexibility index (Phi) is 8.02. The summed E-state index contributed by atoms with van der Waals surface area (Å²) < 4.78 is 5.44. The van der Waals surface area contributed by atoms with Gasteiger partial charge in [0.1, 0.15) is 22.7 Å². The summed E-state index contributed by atoms with van der Waals surface area (Å²) >= 11 is 1.19. The van der Waals surface area contributed by atoms with E-state index in [0.717, 1.165) is 16.9 Å². The third-order valence-electron chi connectivity index (χ3n) is 5.41. The van der Waals surface area contributed by atoms with Crippen LogP contribution in [0.2, 0.25) is 0 Å². The molecule has 1 saturated heterocycles. The van der Waals surface area contributed by atoms with Crippen molar-refractivity contribution >= 4 is 41.5 Å². The minimum Gasteiger partial charge on any atom is -0.455 e. The molecule has 1 fully saturated rings. The third-order valence-corrected chi connectivity index (χ3v) is 6.69. The Balaban J connectivity index is 1.78. The summed E-state index contributed by atoms with van der Waals surface area (Å²) in [7, 11) is 0. The Morgan fingerprint density at radius 1 is 1.06 bits per heavy atom. The van der Waals surface area contributed by atoms with Crippen molar-refractivity contribution in [3.8, 4) is 0 Å². The topological polar surface area (TPSA) is 128 Å². The fourth-order valence-electron chi connectivity index (χ4n) is 3.57. The predicted octanol–water partition coefficient (Wildman–Crippen LogP) is 2.70. The van der Waals surface area contributed by atoms with E-state index in [4.69, 9.17) is 9.62 Å². The summed E-state index contributed by atoms with van der Waals surface area (Å²) in [6.07, 6.45) is 7.63. The average Bonchev–Trinajstić information content (AvgIpc) is 2.78. The lowest BCUT2D eigenvalue weighted by Crippen LogP contribution is -2.70. The number of hydrogen-bond acceptors (Lipinski definition) is 9. The summed E-state index contributed by atoms with van der Waals surface area (Å²) in [5, 5.41) is 2.15. The number of nitrogens with zero attached hydrogens (tertiary/aromatic N) is 1. The van der Waals surface area contributed by atoms with Gasteiger partial charge in [0.05, 0.1) is 11.0 Å². The number of nitrogens with one attached hydrogen (secondary N) is 1. The highest BCUT2D eigenvalue weighted by atomic mass is 32.2. The molecular weight excluding hydrogens is 488 g/mol. The minimum atomic E-state index is -1.07. The first kappa shape index (κ1) is 27.5. The van der Waals surface area contributed by atoms with E-state index in [9.17, 15) is 24.0 Å². The van der Waals surface area contributed by atoms with Crippen LogP contribution in [0.25, 0.3) is 0 Å². The van der Waals surface area contributed by atoms with Crippen LogP contribution in [-0.2, 0) is 38.5 Å². The first-order valence-electron chi connectivity index (χ1n) is 11.7. The lowest BCUT2D eigenvalue weighted by Gasteiger charge is -2.49. The number of carbonyl (C=O) groups excluding carboxylic acids is 5. The van der Waals surface area contributed by atoms with E-state index in [2.05, 4.69) is 10.2 Å². The quantitative estimate of drug-likeness (QED) is 0.191. The Morgan fingerprint density at radius 2 is 1.75 bits per heavy atom. The van der Waals surface area contributed by atoms with Crippen molar-refractivity contribution < 1.29 is 38.5 Å². The Bertz CT molecular complexity index is 1060. The number of ether oxygens (including phenoxy) is 1. The molecule has 0 aromatic rings. The van der Waals surface area contributed by atoms with E-state index < -0.39 is 46.2 Å². The van der Waals surface area contributed by atoms with Gasteiger partial charge in [0, 0.05) is 12.2 Å². The zero-order valence-electron chi connectivity index (χ0n) is 21.3. The molecule has 0 saturated carbocycles. The van der Waals surface area contributed by atoms with Crippen LogP contribution < -0.4 is 5.32 Å². The second-order valence-corrected chi connectivity index (χ2v) is 11.8. The van der Waals surface area contributed by atoms with Gasteiger partial charge in [0.2, 0.25) is 5.91 Å². The molecule has 0 spiro atoms. The molecule has 1 aliphatic carbocycles. The van der Waals surface area contributed by atoms with E-state index >= 15 is 0 Å². The number of thioether (sulfide) groups is 1. The lowest BCUT2D eigenvalue weighted by molar-refractivity contribution is -0.262. The summed E-state index contributed by atoms with van der Waals surface area (Å²) in [6.45, 7) is 9.72. The van der Waals surface area contributed by atoms with Crippen molar-refractivity contribution in [2.24, 2.45) is 5.41 Å². The fraction of sp³-hybridized carbons (Fsp3) is 0.560. The molecule has 10 nitrogen and oxygen atoms in total. The highest BCUT2D eigenvalue weighted by Crippen LogP contribution is 2.41. The van der Waals surface area contributed by atoms with Crippen LogP contribution in [0.5, 0.6) is 0 Å². The van der Waals surface area contributed by atoms with Crippen LogP contribution in [0.4, 0.5) is 0 Å². The van der Waals surface area contributed by atoms with Crippen molar-refractivity contribution in [3.05, 3.63) is 35.1 Å². The second kappa shape index (κ2) is 10.5. The Labute approximate surface area is 214 Å². The molecule has 11 heteroatoms. The first-order valence-corrected chi connectivity index (χ1v) is 12.7. The lowest BCUT2D eigenvalue weighted by atomic mass is 9.98. The maximum Gasteiger partial charge on any atom is 0.385 e. The number of β-lactam (4-membered cyclic amide) rings is 1. The summed E-state index contributed by atoms with van der Waals surface area (Å²) in [5.41, 5.74) is -1.29. The van der Waals surface area contributed by atoms with E-state index in [1.807, 2.05) is 18.2 Å². The molecule has 2 atom stereocenters. The number of carbonyl (C=O) groups is 5. The molecule has 1 N–H and O–H groups in total. The van der Waals surface area contributed by atoms with Gasteiger partial charge in [-0.3, -0.25) is 14.5 Å². The SMILES string of the molecule is CC(C)(C)OC(=O)C1=C(C(=O)OOC(=O)C(C)(C)C)CS[C@@H]2C(NC(=O)CC3=CCC=CC3)C(=O)N12. The van der Waals surface area contributed by atoms with Crippen molar-refractivity contribution in [2.75, 3.05) is 5.75 Å². The maximum absolute atomic E-state index is 13.1. The molecule has 2 heterocycles. The van der Waals surface area contributed by atoms with Gasteiger partial charge >= 0.3 is 17.9 Å². The summed E-state index contributed by atoms with van der Waals surface area (Å²) in [5.74, 6) is -3.59. The number of rotatable bonds is 5. The fourth-order valence-corrected chi connectivity index (χ4v) is 4.89. The van der Waals surface area contributed by atoms with E-state index in [0.29, 0.717) is 6.42 Å². The second-order valence-electron chi connectivity index (χ2n) is 10.7. The highest BCUT2D eigenvalue weighted by Gasteiger charge is 2.55. The highest BCUT2D eigenvalue weighted by molar-refractivity contribution is 8.00. The van der Waals surface area contributed by atoms with Crippen LogP contribution in [0.15, 0.2) is 35.1 Å². The molecule has 2 amide bonds. The van der Waals surface area contributed by atoms with Crippen molar-refractivity contribution in [3.63, 3.8) is 0 Å². The largest absolute Gasteiger partial charge is 0.455 e. The van der Waals surface area contributed by atoms with Crippen LogP contribution >= 0.6 is 11.8 Å². The standard InChI is InChI=1S/C25H32N2O8S/c1-24(2,3)23(32)35-34-21(30)15-13-36-20-17(26-16(28)12-14-10-8-7-9-11-14)19(29)27(20)18(15)22(31)33-25(4,5)6/h7-8,11,17,20H,9-10,12-13H2,1-6H3,(H,26,28)/t17?,20-/m1/s1. The molecule has 2 aliphatic heterocycles. The van der Waals surface area contributed by atoms with Gasteiger partial charge < -0.3 is 10.1 Å². The van der Waals surface area contributed by atoms with E-state index in [1.54, 1.807) is 41.5 Å². The molecule has 0 bridgehead atoms. The molecule has 0 aromatic heterocycles. The number of esters is 1. The molecule has 36 heavy (non-hydrogen) atoms. The number of amides is 2. The van der Waals surface area contributed by atoms with Crippen LogP contribution in [0.1, 0.15) is 60.8 Å². The third kappa shape index (κ3) is 6.37. The number of allylic oxidation sites excluding steroid dienone is 3. The number of fused-ring (bicyclic) bond motifs is 1. The zero-order chi connectivity index (χ0) is 26.8. The summed E-state index contributed by atoms with van der Waals surface area (Å²) in [6, 6.07) is -0.851. The molecule has 0 aromatic carbocycles. The average molecular weight is 521 g/mol. The van der Waals surface area contributed by atoms with Gasteiger partial charge in [-0.25, -0.2) is 24.2 Å². The van der Waals surface area contributed by atoms with E-state index in [-0.39, 0.29) is 29.4 Å². The van der Waals surface area contributed by atoms with Gasteiger partial charge in [0.15, 0.2) is 0 Å². The Hall–Kier alpha value is -3.08. The van der Waals surface area contributed by atoms with Gasteiger partial charge in [-0.1, -0.05) is 23.8 Å². The van der Waals surface area contributed by atoms with Crippen molar-refractivity contribution in [2.45, 2.75) is 77.8 Å². The van der Waals surface area contributed by atoms with Gasteiger partial charge in [-0.2, -0.15) is 0 Å². The van der Waals surface area contributed by atoms with Crippen LogP contribution in [0, 0.1) is 5.41 Å². The van der Waals surface area contributed by atoms with Crippen molar-refractivity contribution in [1.82, 2.24) is 10.2 Å². The molecule has 1 unspecified atom stereocenters. The molecular formula is C25H32N2O8S. The smallest absolute Gasteiger partial charge is 0.385 e. The predicted molar refractivity (Wildman–Crippen MR) is 131 cm³/mol. The molecule has 0 radical (unpaired) electrons. The van der Waals surface area contributed by atoms with Crippen LogP contribution in [0.3, 0.4) is 0 Å². The first-order chi connectivity index (χ1) is 16.7. The van der Waals surface area contributed by atoms with E-state index in [1.165, 1.54) is 11.8 Å². The van der Waals surface area contributed by atoms with Gasteiger partial charge in [0.25, 0.3) is 5.91 Å². The monoisotopic (exact) mass is 520 g/mol. The normalized spacial score (nSPS) is 21.7. The Morgan fingerprint density at radius 3 is 2.33 bits per heavy atom. The van der Waals surface area contributed by atoms with Crippen molar-refractivity contribution in [1.29, 1.82) is 0 Å². The van der Waals surface area contributed by atoms with Gasteiger partial charge in [-0.15, -0.1) is 11.8 Å².